The van der Waals surface area contributed by atoms with E-state index in [0.717, 1.165) is 6.07 Å². The van der Waals surface area contributed by atoms with E-state index in [1.54, 1.807) is 0 Å². The topological polar surface area (TPSA) is 55.5 Å². The fourth-order valence-electron chi connectivity index (χ4n) is 1.13. The maximum atomic E-state index is 12.2. The van der Waals surface area contributed by atoms with Crippen LogP contribution in [0.2, 0.25) is 0 Å². The van der Waals surface area contributed by atoms with Crippen molar-refractivity contribution in [1.82, 2.24) is 0 Å². The highest BCUT2D eigenvalue weighted by molar-refractivity contribution is 5.46. The van der Waals surface area contributed by atoms with Gasteiger partial charge in [-0.25, -0.2) is 4.39 Å². The molecule has 0 aromatic heterocycles. The van der Waals surface area contributed by atoms with Crippen molar-refractivity contribution in [3.63, 3.8) is 0 Å². The van der Waals surface area contributed by atoms with Gasteiger partial charge in [0.25, 0.3) is 0 Å². The average Bonchev–Trinajstić information content (AvgIpc) is 2.18. The molecule has 3 nitrogen and oxygen atoms in total. The van der Waals surface area contributed by atoms with Crippen LogP contribution in [0.15, 0.2) is 18.2 Å². The Bertz CT molecular complexity index is 367. The first-order valence-corrected chi connectivity index (χ1v) is 4.24. The lowest BCUT2D eigenvalue weighted by molar-refractivity contribution is -0.275. The van der Waals surface area contributed by atoms with E-state index in [0.29, 0.717) is 0 Å². The third-order valence-corrected chi connectivity index (χ3v) is 1.82. The summed E-state index contributed by atoms with van der Waals surface area (Å²) in [6.07, 6.45) is -4.92. The number of nitrogens with two attached hydrogens (primary N) is 1. The molecule has 0 bridgehead atoms. The van der Waals surface area contributed by atoms with Crippen LogP contribution in [0.3, 0.4) is 0 Å². The molecule has 0 fully saturated rings. The first-order valence-electron chi connectivity index (χ1n) is 4.24. The monoisotopic (exact) mass is 239 g/mol. The van der Waals surface area contributed by atoms with Crippen LogP contribution in [0.25, 0.3) is 0 Å². The molecule has 90 valence electrons. The first kappa shape index (κ1) is 12.6. The summed E-state index contributed by atoms with van der Waals surface area (Å²) in [5, 5.41) is 9.38. The Labute approximate surface area is 88.4 Å². The zero-order valence-electron chi connectivity index (χ0n) is 7.96. The highest BCUT2D eigenvalue weighted by atomic mass is 19.4. The lowest BCUT2D eigenvalue weighted by Crippen LogP contribution is -2.18. The average molecular weight is 239 g/mol. The van der Waals surface area contributed by atoms with Gasteiger partial charge >= 0.3 is 6.36 Å². The zero-order chi connectivity index (χ0) is 12.3. The minimum Gasteiger partial charge on any atom is -0.504 e. The van der Waals surface area contributed by atoms with Gasteiger partial charge < -0.3 is 15.6 Å². The summed E-state index contributed by atoms with van der Waals surface area (Å²) in [7, 11) is 0. The van der Waals surface area contributed by atoms with Gasteiger partial charge in [-0.1, -0.05) is 12.1 Å². The molecule has 0 spiro atoms. The number of alkyl halides is 4. The molecular formula is C9H9F4NO2. The second-order valence-corrected chi connectivity index (χ2v) is 3.00. The lowest BCUT2D eigenvalue weighted by Gasteiger charge is -2.14. The number of phenols is 1. The van der Waals surface area contributed by atoms with E-state index in [1.807, 2.05) is 0 Å². The molecule has 0 saturated carbocycles. The summed E-state index contributed by atoms with van der Waals surface area (Å²) in [4.78, 5) is 0. The standard InChI is InChI=1S/C9H9F4NO2/c10-4-6(14)5-2-1-3-7(8(5)15)16-9(11,12)13/h1-3,6,15H,4,14H2/t6-/m0/s1. The second kappa shape index (κ2) is 4.56. The maximum absolute atomic E-state index is 12.2. The van der Waals surface area contributed by atoms with Crippen molar-refractivity contribution in [2.75, 3.05) is 6.67 Å². The van der Waals surface area contributed by atoms with Crippen molar-refractivity contribution in [3.05, 3.63) is 23.8 Å². The largest absolute Gasteiger partial charge is 0.573 e. The normalized spacial score (nSPS) is 13.6. The summed E-state index contributed by atoms with van der Waals surface area (Å²) >= 11 is 0. The van der Waals surface area contributed by atoms with Crippen LogP contribution in [0, 0.1) is 0 Å². The van der Waals surface area contributed by atoms with Crippen LogP contribution in [0.5, 0.6) is 11.5 Å². The Morgan fingerprint density at radius 3 is 2.50 bits per heavy atom. The molecule has 0 heterocycles. The molecule has 0 radical (unpaired) electrons. The third kappa shape index (κ3) is 2.99. The van der Waals surface area contributed by atoms with Crippen LogP contribution >= 0.6 is 0 Å². The van der Waals surface area contributed by atoms with E-state index in [1.165, 1.54) is 12.1 Å². The molecule has 0 aliphatic carbocycles. The first-order chi connectivity index (χ1) is 7.35. The number of phenolic OH excluding ortho intramolecular Hbond substituents is 1. The number of hydrogen-bond donors (Lipinski definition) is 2. The van der Waals surface area contributed by atoms with Gasteiger partial charge in [0.05, 0.1) is 6.04 Å². The molecule has 0 amide bonds. The van der Waals surface area contributed by atoms with Crippen LogP contribution < -0.4 is 10.5 Å². The van der Waals surface area contributed by atoms with E-state index >= 15 is 0 Å². The van der Waals surface area contributed by atoms with Crippen molar-refractivity contribution in [3.8, 4) is 11.5 Å². The van der Waals surface area contributed by atoms with Crippen LogP contribution in [0.1, 0.15) is 11.6 Å². The van der Waals surface area contributed by atoms with E-state index in [2.05, 4.69) is 4.74 Å². The van der Waals surface area contributed by atoms with Crippen LogP contribution in [-0.4, -0.2) is 18.1 Å². The lowest BCUT2D eigenvalue weighted by atomic mass is 10.1. The molecule has 3 N–H and O–H groups in total. The SMILES string of the molecule is N[C@@H](CF)c1cccc(OC(F)(F)F)c1O. The number of benzene rings is 1. The number of ether oxygens (including phenoxy) is 1. The van der Waals surface area contributed by atoms with Gasteiger partial charge in [-0.05, 0) is 6.07 Å². The fourth-order valence-corrected chi connectivity index (χ4v) is 1.13. The van der Waals surface area contributed by atoms with Gasteiger partial charge in [0.15, 0.2) is 11.5 Å². The van der Waals surface area contributed by atoms with E-state index in [9.17, 15) is 22.7 Å². The summed E-state index contributed by atoms with van der Waals surface area (Å²) in [6, 6.07) is 2.14. The van der Waals surface area contributed by atoms with Crippen molar-refractivity contribution >= 4 is 0 Å². The molecule has 0 aliphatic rings. The predicted octanol–water partition coefficient (Wildman–Crippen LogP) is 2.26. The quantitative estimate of drug-likeness (QED) is 0.795. The highest BCUT2D eigenvalue weighted by Crippen LogP contribution is 2.36. The number of halogens is 4. The maximum Gasteiger partial charge on any atom is 0.573 e. The van der Waals surface area contributed by atoms with Crippen molar-refractivity contribution in [2.45, 2.75) is 12.4 Å². The number of aromatic hydroxyl groups is 1. The van der Waals surface area contributed by atoms with Gasteiger partial charge in [0.1, 0.15) is 6.67 Å². The van der Waals surface area contributed by atoms with Crippen molar-refractivity contribution < 1.29 is 27.4 Å². The van der Waals surface area contributed by atoms with Gasteiger partial charge in [0, 0.05) is 5.56 Å². The number of rotatable bonds is 3. The van der Waals surface area contributed by atoms with Crippen molar-refractivity contribution in [1.29, 1.82) is 0 Å². The Morgan fingerprint density at radius 1 is 1.38 bits per heavy atom. The van der Waals surface area contributed by atoms with E-state index < -0.39 is 30.6 Å². The van der Waals surface area contributed by atoms with Crippen LogP contribution in [0.4, 0.5) is 17.6 Å². The summed E-state index contributed by atoms with van der Waals surface area (Å²) in [5.41, 5.74) is 5.12. The second-order valence-electron chi connectivity index (χ2n) is 3.00. The molecule has 0 saturated heterocycles. The Kier molecular flexibility index (Phi) is 3.58. The Balaban J connectivity index is 3.04. The van der Waals surface area contributed by atoms with Gasteiger partial charge in [-0.3, -0.25) is 0 Å². The molecular weight excluding hydrogens is 230 g/mol. The number of para-hydroxylation sites is 1. The summed E-state index contributed by atoms with van der Waals surface area (Å²) < 4.78 is 51.5. The minimum absolute atomic E-state index is 0.135. The molecule has 7 heteroatoms. The number of hydrogen-bond acceptors (Lipinski definition) is 3. The third-order valence-electron chi connectivity index (χ3n) is 1.82. The Morgan fingerprint density at radius 2 is 2.00 bits per heavy atom. The molecule has 1 atom stereocenters. The van der Waals surface area contributed by atoms with Crippen molar-refractivity contribution in [2.24, 2.45) is 5.73 Å². The molecule has 1 aromatic rings. The minimum atomic E-state index is -4.92. The Hall–Kier alpha value is -1.50. The van der Waals surface area contributed by atoms with Gasteiger partial charge in [-0.2, -0.15) is 0 Å². The molecule has 0 aliphatic heterocycles. The smallest absolute Gasteiger partial charge is 0.504 e. The predicted molar refractivity (Wildman–Crippen MR) is 47.7 cm³/mol. The van der Waals surface area contributed by atoms with Gasteiger partial charge in [0.2, 0.25) is 0 Å². The molecule has 0 unspecified atom stereocenters. The molecule has 1 rings (SSSR count). The fraction of sp³-hybridized carbons (Fsp3) is 0.333. The highest BCUT2D eigenvalue weighted by Gasteiger charge is 2.32. The summed E-state index contributed by atoms with van der Waals surface area (Å²) in [5.74, 6) is -1.60. The molecule has 16 heavy (non-hydrogen) atoms. The van der Waals surface area contributed by atoms with Gasteiger partial charge in [-0.15, -0.1) is 13.2 Å². The molecule has 1 aromatic carbocycles. The van der Waals surface area contributed by atoms with Crippen LogP contribution in [-0.2, 0) is 0 Å². The van der Waals surface area contributed by atoms with E-state index in [4.69, 9.17) is 5.73 Å². The summed E-state index contributed by atoms with van der Waals surface area (Å²) in [6.45, 7) is -0.997. The zero-order valence-corrected chi connectivity index (χ0v) is 7.96. The van der Waals surface area contributed by atoms with E-state index in [-0.39, 0.29) is 5.56 Å².